The third-order valence-corrected chi connectivity index (χ3v) is 3.75. The number of fused-ring (bicyclic) bond motifs is 1. The molecule has 6 nitrogen and oxygen atoms in total. The molecule has 6 heteroatoms. The summed E-state index contributed by atoms with van der Waals surface area (Å²) < 4.78 is 7.42. The fourth-order valence-electron chi connectivity index (χ4n) is 2.60. The zero-order chi connectivity index (χ0) is 17.1. The van der Waals surface area contributed by atoms with Crippen LogP contribution in [-0.4, -0.2) is 33.3 Å². The maximum atomic E-state index is 10.8. The van der Waals surface area contributed by atoms with Crippen molar-refractivity contribution < 1.29 is 19.7 Å². The van der Waals surface area contributed by atoms with Gasteiger partial charge in [0, 0.05) is 5.56 Å². The molecule has 0 saturated carbocycles. The van der Waals surface area contributed by atoms with Crippen LogP contribution in [0.4, 0.5) is 0 Å². The van der Waals surface area contributed by atoms with Gasteiger partial charge in [-0.2, -0.15) is 0 Å². The molecule has 3 rings (SSSR count). The number of aliphatic hydroxyl groups excluding tert-OH is 1. The van der Waals surface area contributed by atoms with Crippen LogP contribution in [0.15, 0.2) is 48.5 Å². The minimum Gasteiger partial charge on any atom is -0.545 e. The Balaban J connectivity index is 1.67. The van der Waals surface area contributed by atoms with Crippen LogP contribution < -0.4 is 9.84 Å². The topological polar surface area (TPSA) is 87.4 Å². The van der Waals surface area contributed by atoms with E-state index >= 15 is 0 Å². The van der Waals surface area contributed by atoms with Gasteiger partial charge in [-0.3, -0.25) is 0 Å². The molecule has 1 aromatic heterocycles. The highest BCUT2D eigenvalue weighted by atomic mass is 16.5. The normalized spacial score (nSPS) is 12.2. The maximum Gasteiger partial charge on any atom is 0.120 e. The van der Waals surface area contributed by atoms with Crippen LogP contribution in [0.3, 0.4) is 0 Å². The van der Waals surface area contributed by atoms with E-state index in [9.17, 15) is 15.0 Å². The second-order valence-corrected chi connectivity index (χ2v) is 5.54. The van der Waals surface area contributed by atoms with Crippen LogP contribution in [0.1, 0.15) is 16.2 Å². The first-order chi connectivity index (χ1) is 11.5. The summed E-state index contributed by atoms with van der Waals surface area (Å²) >= 11 is 0. The van der Waals surface area contributed by atoms with Crippen molar-refractivity contribution in [1.29, 1.82) is 0 Å². The van der Waals surface area contributed by atoms with Crippen molar-refractivity contribution in [2.24, 2.45) is 0 Å². The van der Waals surface area contributed by atoms with Crippen LogP contribution in [0.5, 0.6) is 5.75 Å². The third-order valence-electron chi connectivity index (χ3n) is 3.75. The largest absolute Gasteiger partial charge is 0.545 e. The van der Waals surface area contributed by atoms with Crippen LogP contribution in [0, 0.1) is 6.92 Å². The van der Waals surface area contributed by atoms with Gasteiger partial charge in [-0.05, 0) is 31.2 Å². The lowest BCUT2D eigenvalue weighted by molar-refractivity contribution is -0.255. The number of ether oxygens (including phenoxy) is 1. The molecule has 0 fully saturated rings. The van der Waals surface area contributed by atoms with Gasteiger partial charge in [-0.25, -0.2) is 4.98 Å². The summed E-state index contributed by atoms with van der Waals surface area (Å²) in [5, 5.41) is 21.1. The molecule has 2 aromatic carbocycles. The number of carboxylic acids is 1. The van der Waals surface area contributed by atoms with Crippen molar-refractivity contribution in [1.82, 2.24) is 9.55 Å². The van der Waals surface area contributed by atoms with Crippen LogP contribution in [0.25, 0.3) is 11.0 Å². The number of para-hydroxylation sites is 2. The van der Waals surface area contributed by atoms with Crippen LogP contribution >= 0.6 is 0 Å². The van der Waals surface area contributed by atoms with Crippen molar-refractivity contribution in [2.75, 3.05) is 6.61 Å². The van der Waals surface area contributed by atoms with Crippen LogP contribution in [0.2, 0.25) is 0 Å². The number of nitrogens with zero attached hydrogens (tertiary/aromatic N) is 2. The summed E-state index contributed by atoms with van der Waals surface area (Å²) in [5.41, 5.74) is 1.87. The highest BCUT2D eigenvalue weighted by Gasteiger charge is 2.12. The molecule has 24 heavy (non-hydrogen) atoms. The van der Waals surface area contributed by atoms with Gasteiger partial charge in [0.2, 0.25) is 0 Å². The fraction of sp³-hybridized carbons (Fsp3) is 0.222. The highest BCUT2D eigenvalue weighted by Crippen LogP contribution is 2.17. The Hall–Kier alpha value is -2.86. The minimum absolute atomic E-state index is 0.0402. The molecular formula is C18H17N2O4-. The molecule has 0 unspecified atom stereocenters. The Morgan fingerprint density at radius 1 is 1.29 bits per heavy atom. The smallest absolute Gasteiger partial charge is 0.120 e. The number of benzene rings is 2. The zero-order valence-electron chi connectivity index (χ0n) is 13.2. The lowest BCUT2D eigenvalue weighted by Crippen LogP contribution is -2.24. The quantitative estimate of drug-likeness (QED) is 0.734. The van der Waals surface area contributed by atoms with Crippen molar-refractivity contribution in [2.45, 2.75) is 19.6 Å². The fourth-order valence-corrected chi connectivity index (χ4v) is 2.60. The van der Waals surface area contributed by atoms with E-state index in [1.54, 1.807) is 12.1 Å². The van der Waals surface area contributed by atoms with E-state index in [0.717, 1.165) is 16.9 Å². The summed E-state index contributed by atoms with van der Waals surface area (Å²) in [7, 11) is 0. The van der Waals surface area contributed by atoms with Gasteiger partial charge in [-0.15, -0.1) is 0 Å². The van der Waals surface area contributed by atoms with Gasteiger partial charge >= 0.3 is 0 Å². The molecule has 3 aromatic rings. The number of hydrogen-bond donors (Lipinski definition) is 1. The molecule has 0 spiro atoms. The summed E-state index contributed by atoms with van der Waals surface area (Å²) in [6.45, 7) is 2.27. The number of imidazole rings is 1. The Morgan fingerprint density at radius 2 is 2.08 bits per heavy atom. The monoisotopic (exact) mass is 325 g/mol. The molecule has 124 valence electrons. The second kappa shape index (κ2) is 6.72. The van der Waals surface area contributed by atoms with Gasteiger partial charge in [0.25, 0.3) is 0 Å². The van der Waals surface area contributed by atoms with E-state index in [-0.39, 0.29) is 12.2 Å². The highest BCUT2D eigenvalue weighted by molar-refractivity contribution is 5.86. The second-order valence-electron chi connectivity index (χ2n) is 5.54. The molecular weight excluding hydrogens is 308 g/mol. The lowest BCUT2D eigenvalue weighted by Gasteiger charge is -2.15. The molecule has 0 amide bonds. The zero-order valence-corrected chi connectivity index (χ0v) is 13.2. The number of aliphatic hydroxyl groups is 1. The Labute approximate surface area is 138 Å². The molecule has 0 aliphatic carbocycles. The minimum atomic E-state index is -1.26. The number of aromatic nitrogens is 2. The van der Waals surface area contributed by atoms with Crippen LogP contribution in [-0.2, 0) is 6.54 Å². The summed E-state index contributed by atoms with van der Waals surface area (Å²) in [6, 6.07) is 13.7. The molecule has 0 aliphatic heterocycles. The van der Waals surface area contributed by atoms with Gasteiger partial charge in [0.15, 0.2) is 0 Å². The Bertz CT molecular complexity index is 872. The number of aromatic carboxylic acids is 1. The summed E-state index contributed by atoms with van der Waals surface area (Å²) in [4.78, 5) is 15.3. The molecule has 0 saturated heterocycles. The Morgan fingerprint density at radius 3 is 2.88 bits per heavy atom. The van der Waals surface area contributed by atoms with E-state index in [1.165, 1.54) is 12.1 Å². The van der Waals surface area contributed by atoms with Gasteiger partial charge < -0.3 is 24.3 Å². The SMILES string of the molecule is Cc1nc2ccccc2n1C[C@H](O)COc1cccc(C(=O)[O-])c1. The van der Waals surface area contributed by atoms with Gasteiger partial charge in [-0.1, -0.05) is 24.3 Å². The van der Waals surface area contributed by atoms with E-state index in [2.05, 4.69) is 4.98 Å². The number of carbonyl (C=O) groups is 1. The van der Waals surface area contributed by atoms with Crippen molar-refractivity contribution >= 4 is 17.0 Å². The lowest BCUT2D eigenvalue weighted by atomic mass is 10.2. The van der Waals surface area contributed by atoms with Crippen molar-refractivity contribution in [3.63, 3.8) is 0 Å². The predicted molar refractivity (Wildman–Crippen MR) is 86.7 cm³/mol. The van der Waals surface area contributed by atoms with Crippen molar-refractivity contribution in [3.05, 3.63) is 59.9 Å². The average Bonchev–Trinajstić information content (AvgIpc) is 2.89. The molecule has 1 N–H and O–H groups in total. The van der Waals surface area contributed by atoms with E-state index in [1.807, 2.05) is 35.8 Å². The van der Waals surface area contributed by atoms with E-state index in [0.29, 0.717) is 12.3 Å². The van der Waals surface area contributed by atoms with Gasteiger partial charge in [0.1, 0.15) is 24.3 Å². The predicted octanol–water partition coefficient (Wildman–Crippen LogP) is 1.15. The first kappa shape index (κ1) is 16.0. The number of carbonyl (C=O) groups excluding carboxylic acids is 1. The standard InChI is InChI=1S/C18H18N2O4/c1-12-19-16-7-2-3-8-17(16)20(12)10-14(21)11-24-15-6-4-5-13(9-15)18(22)23/h2-9,14,21H,10-11H2,1H3,(H,22,23)/p-1/t14-/m0/s1. The van der Waals surface area contributed by atoms with E-state index < -0.39 is 12.1 Å². The van der Waals surface area contributed by atoms with Crippen molar-refractivity contribution in [3.8, 4) is 5.75 Å². The number of carboxylic acid groups (broad SMARTS) is 1. The molecule has 1 heterocycles. The Kier molecular flexibility index (Phi) is 4.48. The first-order valence-corrected chi connectivity index (χ1v) is 7.59. The molecule has 0 radical (unpaired) electrons. The van der Waals surface area contributed by atoms with E-state index in [4.69, 9.17) is 4.74 Å². The number of aryl methyl sites for hydroxylation is 1. The number of hydrogen-bond acceptors (Lipinski definition) is 5. The summed E-state index contributed by atoms with van der Waals surface area (Å²) in [6.07, 6.45) is -0.757. The molecule has 0 bridgehead atoms. The third kappa shape index (κ3) is 3.38. The number of rotatable bonds is 6. The first-order valence-electron chi connectivity index (χ1n) is 7.59. The maximum absolute atomic E-state index is 10.8. The molecule has 0 aliphatic rings. The van der Waals surface area contributed by atoms with Gasteiger partial charge in [0.05, 0.1) is 23.5 Å². The molecule has 1 atom stereocenters. The summed E-state index contributed by atoms with van der Waals surface area (Å²) in [5.74, 6) is -0.0707. The average molecular weight is 325 g/mol.